The first-order valence-corrected chi connectivity index (χ1v) is 5.93. The maximum Gasteiger partial charge on any atom is 0.0934 e. The second kappa shape index (κ2) is 4.74. The summed E-state index contributed by atoms with van der Waals surface area (Å²) in [7, 11) is 0. The molecule has 16 heavy (non-hydrogen) atoms. The molecule has 0 saturated heterocycles. The third-order valence-corrected chi connectivity index (χ3v) is 4.03. The highest BCUT2D eigenvalue weighted by atomic mass is 35.5. The van der Waals surface area contributed by atoms with Crippen molar-refractivity contribution in [2.45, 2.75) is 32.8 Å². The van der Waals surface area contributed by atoms with Gasteiger partial charge < -0.3 is 10.8 Å². The highest BCUT2D eigenvalue weighted by Crippen LogP contribution is 2.41. The lowest BCUT2D eigenvalue weighted by Gasteiger charge is -2.42. The fourth-order valence-corrected chi connectivity index (χ4v) is 2.02. The lowest BCUT2D eigenvalue weighted by molar-refractivity contribution is -0.0646. The van der Waals surface area contributed by atoms with Gasteiger partial charge in [0.2, 0.25) is 0 Å². The van der Waals surface area contributed by atoms with Gasteiger partial charge in [-0.3, -0.25) is 0 Å². The molecule has 0 aliphatic heterocycles. The van der Waals surface area contributed by atoms with E-state index in [9.17, 15) is 5.11 Å². The van der Waals surface area contributed by atoms with Crippen LogP contribution in [0.1, 0.15) is 32.8 Å². The summed E-state index contributed by atoms with van der Waals surface area (Å²) in [4.78, 5) is 0. The molecule has 0 amide bonds. The van der Waals surface area contributed by atoms with Crippen molar-refractivity contribution >= 4 is 11.6 Å². The molecular weight excluding hydrogens is 222 g/mol. The van der Waals surface area contributed by atoms with E-state index in [0.29, 0.717) is 11.6 Å². The Morgan fingerprint density at radius 2 is 2.00 bits per heavy atom. The zero-order valence-electron chi connectivity index (χ0n) is 10.1. The van der Waals surface area contributed by atoms with Crippen molar-refractivity contribution in [2.75, 3.05) is 6.54 Å². The van der Waals surface area contributed by atoms with Gasteiger partial charge in [-0.05, 0) is 31.0 Å². The molecule has 0 aromatic heterocycles. The van der Waals surface area contributed by atoms with Crippen molar-refractivity contribution < 1.29 is 5.11 Å². The maximum atomic E-state index is 10.7. The van der Waals surface area contributed by atoms with Gasteiger partial charge in [0.15, 0.2) is 0 Å². The van der Waals surface area contributed by atoms with Gasteiger partial charge in [-0.25, -0.2) is 0 Å². The first-order chi connectivity index (χ1) is 7.37. The topological polar surface area (TPSA) is 46.2 Å². The minimum atomic E-state index is -0.971. The van der Waals surface area contributed by atoms with Crippen LogP contribution in [0.2, 0.25) is 5.02 Å². The van der Waals surface area contributed by atoms with Gasteiger partial charge in [0.05, 0.1) is 5.60 Å². The molecule has 1 rings (SSSR count). The van der Waals surface area contributed by atoms with Crippen molar-refractivity contribution in [3.63, 3.8) is 0 Å². The predicted octanol–water partition coefficient (Wildman–Crippen LogP) is 2.92. The average Bonchev–Trinajstić information content (AvgIpc) is 2.27. The lowest BCUT2D eigenvalue weighted by atomic mass is 9.69. The van der Waals surface area contributed by atoms with Gasteiger partial charge in [0.25, 0.3) is 0 Å². The van der Waals surface area contributed by atoms with E-state index in [2.05, 4.69) is 0 Å². The molecule has 3 heteroatoms. The Hall–Kier alpha value is -0.570. The summed E-state index contributed by atoms with van der Waals surface area (Å²) < 4.78 is 0. The van der Waals surface area contributed by atoms with Crippen LogP contribution in [0.15, 0.2) is 24.3 Å². The fourth-order valence-electron chi connectivity index (χ4n) is 1.83. The summed E-state index contributed by atoms with van der Waals surface area (Å²) >= 11 is 5.94. The van der Waals surface area contributed by atoms with E-state index in [1.165, 1.54) is 0 Å². The number of benzene rings is 1. The molecule has 3 N–H and O–H groups in total. The van der Waals surface area contributed by atoms with Gasteiger partial charge in [0.1, 0.15) is 0 Å². The second-order valence-corrected chi connectivity index (χ2v) is 5.14. The average molecular weight is 242 g/mol. The Morgan fingerprint density at radius 1 is 1.38 bits per heavy atom. The molecule has 2 unspecified atom stereocenters. The molecule has 0 heterocycles. The van der Waals surface area contributed by atoms with Crippen LogP contribution in [0.5, 0.6) is 0 Å². The van der Waals surface area contributed by atoms with E-state index in [0.717, 1.165) is 12.0 Å². The number of hydrogen-bond donors (Lipinski definition) is 2. The summed E-state index contributed by atoms with van der Waals surface area (Å²) in [5.74, 6) is 0. The molecule has 2 nitrogen and oxygen atoms in total. The summed E-state index contributed by atoms with van der Waals surface area (Å²) in [6, 6.07) is 7.33. The van der Waals surface area contributed by atoms with Gasteiger partial charge in [-0.1, -0.05) is 37.6 Å². The first-order valence-electron chi connectivity index (χ1n) is 5.56. The summed E-state index contributed by atoms with van der Waals surface area (Å²) in [5, 5.41) is 11.3. The zero-order chi connectivity index (χ0) is 12.4. The highest BCUT2D eigenvalue weighted by molar-refractivity contribution is 6.30. The van der Waals surface area contributed by atoms with Crippen LogP contribution in [-0.2, 0) is 5.60 Å². The molecule has 0 radical (unpaired) electrons. The molecule has 1 aromatic rings. The van der Waals surface area contributed by atoms with Crippen molar-refractivity contribution in [3.05, 3.63) is 34.9 Å². The number of halogens is 1. The minimum absolute atomic E-state index is 0.350. The van der Waals surface area contributed by atoms with Crippen LogP contribution >= 0.6 is 11.6 Å². The van der Waals surface area contributed by atoms with Crippen molar-refractivity contribution in [1.82, 2.24) is 0 Å². The van der Waals surface area contributed by atoms with Gasteiger partial charge in [-0.2, -0.15) is 0 Å². The Bertz CT molecular complexity index is 359. The molecule has 0 fully saturated rings. The van der Waals surface area contributed by atoms with E-state index in [-0.39, 0.29) is 5.41 Å². The van der Waals surface area contributed by atoms with Gasteiger partial charge in [-0.15, -0.1) is 0 Å². The van der Waals surface area contributed by atoms with Crippen LogP contribution in [0.3, 0.4) is 0 Å². The Balaban J connectivity index is 3.19. The van der Waals surface area contributed by atoms with E-state index in [1.807, 2.05) is 26.0 Å². The predicted molar refractivity (Wildman–Crippen MR) is 68.5 cm³/mol. The summed E-state index contributed by atoms with van der Waals surface area (Å²) in [5.41, 5.74) is 5.28. The van der Waals surface area contributed by atoms with Crippen LogP contribution in [0.25, 0.3) is 0 Å². The second-order valence-electron chi connectivity index (χ2n) is 4.70. The molecule has 90 valence electrons. The van der Waals surface area contributed by atoms with Crippen molar-refractivity contribution in [1.29, 1.82) is 0 Å². The number of nitrogens with two attached hydrogens (primary N) is 1. The lowest BCUT2D eigenvalue weighted by Crippen LogP contribution is -2.46. The highest BCUT2D eigenvalue weighted by Gasteiger charge is 2.42. The maximum absolute atomic E-state index is 10.7. The Labute approximate surface area is 102 Å². The molecule has 2 atom stereocenters. The molecule has 0 saturated carbocycles. The van der Waals surface area contributed by atoms with Crippen LogP contribution in [0.4, 0.5) is 0 Å². The van der Waals surface area contributed by atoms with Crippen LogP contribution in [0, 0.1) is 5.41 Å². The molecule has 0 bridgehead atoms. The SMILES string of the molecule is CCC(C)(CN)C(C)(O)c1cccc(Cl)c1. The van der Waals surface area contributed by atoms with E-state index in [4.69, 9.17) is 17.3 Å². The number of hydrogen-bond acceptors (Lipinski definition) is 2. The molecule has 0 aliphatic carbocycles. The third kappa shape index (κ3) is 2.24. The monoisotopic (exact) mass is 241 g/mol. The van der Waals surface area contributed by atoms with Crippen molar-refractivity contribution in [3.8, 4) is 0 Å². The Kier molecular flexibility index (Phi) is 4.00. The van der Waals surface area contributed by atoms with E-state index in [1.54, 1.807) is 19.1 Å². The largest absolute Gasteiger partial charge is 0.385 e. The fraction of sp³-hybridized carbons (Fsp3) is 0.538. The zero-order valence-corrected chi connectivity index (χ0v) is 10.9. The first kappa shape index (κ1) is 13.5. The van der Waals surface area contributed by atoms with Gasteiger partial charge >= 0.3 is 0 Å². The summed E-state index contributed by atoms with van der Waals surface area (Å²) in [6.45, 7) is 6.26. The van der Waals surface area contributed by atoms with E-state index < -0.39 is 5.60 Å². The third-order valence-electron chi connectivity index (χ3n) is 3.79. The quantitative estimate of drug-likeness (QED) is 0.852. The molecule has 0 aliphatic rings. The van der Waals surface area contributed by atoms with Gasteiger partial charge in [0, 0.05) is 17.0 Å². The normalized spacial score (nSPS) is 18.9. The van der Waals surface area contributed by atoms with E-state index >= 15 is 0 Å². The van der Waals surface area contributed by atoms with Crippen LogP contribution < -0.4 is 5.73 Å². The molecular formula is C13H20ClNO. The standard InChI is InChI=1S/C13H20ClNO/c1-4-12(2,9-15)13(3,16)10-6-5-7-11(14)8-10/h5-8,16H,4,9,15H2,1-3H3. The molecule has 0 spiro atoms. The summed E-state index contributed by atoms with van der Waals surface area (Å²) in [6.07, 6.45) is 0.809. The van der Waals surface area contributed by atoms with Crippen LogP contribution in [-0.4, -0.2) is 11.7 Å². The minimum Gasteiger partial charge on any atom is -0.385 e. The van der Waals surface area contributed by atoms with Crippen molar-refractivity contribution in [2.24, 2.45) is 11.1 Å². The smallest absolute Gasteiger partial charge is 0.0934 e. The number of rotatable bonds is 4. The molecule has 1 aromatic carbocycles. The Morgan fingerprint density at radius 3 is 2.44 bits per heavy atom. The number of aliphatic hydroxyl groups is 1.